The third-order valence-electron chi connectivity index (χ3n) is 14.4. The van der Waals surface area contributed by atoms with Crippen LogP contribution in [0.25, 0.3) is 0 Å². The third kappa shape index (κ3) is 55.3. The first-order chi connectivity index (χ1) is 33.5. The van der Waals surface area contributed by atoms with Gasteiger partial charge in [0.15, 0.2) is 6.10 Å². The van der Waals surface area contributed by atoms with Crippen LogP contribution in [0.2, 0.25) is 0 Å². The molecule has 0 aromatic heterocycles. The van der Waals surface area contributed by atoms with Crippen molar-refractivity contribution in [2.75, 3.05) is 13.2 Å². The Hall–Kier alpha value is -1.59. The molecule has 6 nitrogen and oxygen atoms in total. The van der Waals surface area contributed by atoms with Gasteiger partial charge >= 0.3 is 17.9 Å². The molecule has 0 saturated heterocycles. The molecule has 6 heteroatoms. The van der Waals surface area contributed by atoms with Crippen molar-refractivity contribution in [2.24, 2.45) is 0 Å². The summed E-state index contributed by atoms with van der Waals surface area (Å²) in [5.41, 5.74) is 0. The van der Waals surface area contributed by atoms with Crippen LogP contribution in [0.4, 0.5) is 0 Å². The van der Waals surface area contributed by atoms with Crippen LogP contribution in [0.15, 0.2) is 0 Å². The summed E-state index contributed by atoms with van der Waals surface area (Å²) in [5, 5.41) is 0. The Morgan fingerprint density at radius 2 is 0.397 bits per heavy atom. The first kappa shape index (κ1) is 66.4. The number of esters is 3. The van der Waals surface area contributed by atoms with E-state index in [1.807, 2.05) is 0 Å². The van der Waals surface area contributed by atoms with Gasteiger partial charge in [-0.1, -0.05) is 323 Å². The standard InChI is InChI=1S/C62H120O6/c1-4-7-10-13-16-18-20-21-22-23-24-25-26-27-28-29-30-31-32-33-34-35-36-37-38-39-40-41-42-43-45-46-49-52-55-61(64)67-58-59(57-66-60(63)54-51-48-15-12-9-6-3)68-62(65)56-53-50-47-44-19-17-14-11-8-5-2/h59H,4-58H2,1-3H3. The topological polar surface area (TPSA) is 78.9 Å². The van der Waals surface area contributed by atoms with Crippen molar-refractivity contribution >= 4 is 17.9 Å². The van der Waals surface area contributed by atoms with E-state index in [4.69, 9.17) is 14.2 Å². The normalized spacial score (nSPS) is 11.9. The summed E-state index contributed by atoms with van der Waals surface area (Å²) < 4.78 is 16.7. The first-order valence-electron chi connectivity index (χ1n) is 31.0. The lowest BCUT2D eigenvalue weighted by molar-refractivity contribution is -0.167. The number of rotatable bonds is 58. The summed E-state index contributed by atoms with van der Waals surface area (Å²) in [5.74, 6) is -0.853. The number of carbonyl (C=O) groups excluding carboxylic acids is 3. The fourth-order valence-corrected chi connectivity index (χ4v) is 9.68. The van der Waals surface area contributed by atoms with Crippen molar-refractivity contribution in [2.45, 2.75) is 367 Å². The number of ether oxygens (including phenoxy) is 3. The molecule has 404 valence electrons. The van der Waals surface area contributed by atoms with Gasteiger partial charge < -0.3 is 14.2 Å². The van der Waals surface area contributed by atoms with E-state index in [0.29, 0.717) is 19.3 Å². The van der Waals surface area contributed by atoms with Crippen LogP contribution in [0.1, 0.15) is 361 Å². The second-order valence-corrected chi connectivity index (χ2v) is 21.3. The van der Waals surface area contributed by atoms with E-state index in [0.717, 1.165) is 57.8 Å². The summed E-state index contributed by atoms with van der Waals surface area (Å²) in [6.45, 7) is 6.62. The zero-order chi connectivity index (χ0) is 49.3. The average Bonchev–Trinajstić information content (AvgIpc) is 3.34. The van der Waals surface area contributed by atoms with Gasteiger partial charge in [0.05, 0.1) is 0 Å². The molecule has 0 aromatic rings. The molecule has 0 radical (unpaired) electrons. The maximum atomic E-state index is 12.7. The van der Waals surface area contributed by atoms with E-state index in [1.165, 1.54) is 263 Å². The minimum atomic E-state index is -0.758. The van der Waals surface area contributed by atoms with Gasteiger partial charge in [-0.3, -0.25) is 14.4 Å². The summed E-state index contributed by atoms with van der Waals surface area (Å²) in [6, 6.07) is 0. The van der Waals surface area contributed by atoms with Crippen LogP contribution in [0, 0.1) is 0 Å². The van der Waals surface area contributed by atoms with Gasteiger partial charge in [0.2, 0.25) is 0 Å². The van der Waals surface area contributed by atoms with Gasteiger partial charge in [-0.15, -0.1) is 0 Å². The Morgan fingerprint density at radius 1 is 0.235 bits per heavy atom. The van der Waals surface area contributed by atoms with Crippen LogP contribution >= 0.6 is 0 Å². The van der Waals surface area contributed by atoms with Crippen LogP contribution in [-0.2, 0) is 28.6 Å². The SMILES string of the molecule is CCCCCCCCCCCCCCCCCCCCCCCCCCCCCCCCCCCCC(=O)OCC(COC(=O)CCCCCCCC)OC(=O)CCCCCCCCCCCC. The molecule has 1 atom stereocenters. The molecule has 0 aromatic carbocycles. The largest absolute Gasteiger partial charge is 0.462 e. The molecule has 0 aliphatic rings. The summed E-state index contributed by atoms with van der Waals surface area (Å²) >= 11 is 0. The van der Waals surface area contributed by atoms with E-state index in [1.54, 1.807) is 0 Å². The Labute approximate surface area is 425 Å². The molecule has 68 heavy (non-hydrogen) atoms. The number of unbranched alkanes of at least 4 members (excludes halogenated alkanes) is 47. The minimum absolute atomic E-state index is 0.0629. The number of hydrogen-bond acceptors (Lipinski definition) is 6. The molecule has 0 saturated carbocycles. The second kappa shape index (κ2) is 58.0. The Balaban J connectivity index is 3.77. The Kier molecular flexibility index (Phi) is 56.6. The van der Waals surface area contributed by atoms with Crippen LogP contribution in [0.5, 0.6) is 0 Å². The molecule has 0 aliphatic heterocycles. The van der Waals surface area contributed by atoms with Gasteiger partial charge in [0, 0.05) is 19.3 Å². The molecule has 0 N–H and O–H groups in total. The van der Waals surface area contributed by atoms with Crippen LogP contribution < -0.4 is 0 Å². The highest BCUT2D eigenvalue weighted by Crippen LogP contribution is 2.18. The molecule has 0 spiro atoms. The Bertz CT molecular complexity index is 1010. The molecular weight excluding hydrogens is 841 g/mol. The molecule has 0 bridgehead atoms. The molecule has 0 fully saturated rings. The highest BCUT2D eigenvalue weighted by molar-refractivity contribution is 5.71. The summed E-state index contributed by atoms with van der Waals surface area (Å²) in [4.78, 5) is 37.7. The smallest absolute Gasteiger partial charge is 0.306 e. The molecule has 0 heterocycles. The first-order valence-corrected chi connectivity index (χ1v) is 31.0. The highest BCUT2D eigenvalue weighted by atomic mass is 16.6. The fraction of sp³-hybridized carbons (Fsp3) is 0.952. The molecule has 0 aliphatic carbocycles. The Morgan fingerprint density at radius 3 is 0.588 bits per heavy atom. The van der Waals surface area contributed by atoms with Crippen LogP contribution in [0.3, 0.4) is 0 Å². The van der Waals surface area contributed by atoms with E-state index in [-0.39, 0.29) is 31.1 Å². The van der Waals surface area contributed by atoms with Crippen molar-refractivity contribution in [1.82, 2.24) is 0 Å². The zero-order valence-electron chi connectivity index (χ0n) is 46.4. The lowest BCUT2D eigenvalue weighted by Gasteiger charge is -2.18. The zero-order valence-corrected chi connectivity index (χ0v) is 46.4. The number of hydrogen-bond donors (Lipinski definition) is 0. The fourth-order valence-electron chi connectivity index (χ4n) is 9.68. The van der Waals surface area contributed by atoms with E-state index in [2.05, 4.69) is 20.8 Å². The summed E-state index contributed by atoms with van der Waals surface area (Å²) in [6.07, 6.45) is 66.1. The highest BCUT2D eigenvalue weighted by Gasteiger charge is 2.19. The lowest BCUT2D eigenvalue weighted by atomic mass is 10.0. The monoisotopic (exact) mass is 961 g/mol. The molecular formula is C62H120O6. The van der Waals surface area contributed by atoms with E-state index >= 15 is 0 Å². The van der Waals surface area contributed by atoms with Crippen molar-refractivity contribution in [3.05, 3.63) is 0 Å². The minimum Gasteiger partial charge on any atom is -0.462 e. The van der Waals surface area contributed by atoms with Crippen molar-refractivity contribution in [3.63, 3.8) is 0 Å². The number of carbonyl (C=O) groups is 3. The quantitative estimate of drug-likeness (QED) is 0.0343. The predicted octanol–water partition coefficient (Wildman–Crippen LogP) is 20.7. The van der Waals surface area contributed by atoms with Crippen LogP contribution in [-0.4, -0.2) is 37.2 Å². The van der Waals surface area contributed by atoms with Gasteiger partial charge in [0.25, 0.3) is 0 Å². The maximum absolute atomic E-state index is 12.7. The van der Waals surface area contributed by atoms with Gasteiger partial charge in [-0.25, -0.2) is 0 Å². The third-order valence-corrected chi connectivity index (χ3v) is 14.4. The lowest BCUT2D eigenvalue weighted by Crippen LogP contribution is -2.30. The molecule has 0 amide bonds. The van der Waals surface area contributed by atoms with Crippen molar-refractivity contribution in [1.29, 1.82) is 0 Å². The molecule has 1 unspecified atom stereocenters. The van der Waals surface area contributed by atoms with Crippen molar-refractivity contribution in [3.8, 4) is 0 Å². The van der Waals surface area contributed by atoms with E-state index < -0.39 is 6.10 Å². The van der Waals surface area contributed by atoms with Gasteiger partial charge in [-0.2, -0.15) is 0 Å². The predicted molar refractivity (Wildman–Crippen MR) is 294 cm³/mol. The van der Waals surface area contributed by atoms with Crippen molar-refractivity contribution < 1.29 is 28.6 Å². The second-order valence-electron chi connectivity index (χ2n) is 21.3. The maximum Gasteiger partial charge on any atom is 0.306 e. The summed E-state index contributed by atoms with van der Waals surface area (Å²) in [7, 11) is 0. The molecule has 0 rings (SSSR count). The van der Waals surface area contributed by atoms with Gasteiger partial charge in [0.1, 0.15) is 13.2 Å². The average molecular weight is 962 g/mol. The van der Waals surface area contributed by atoms with Gasteiger partial charge in [-0.05, 0) is 19.3 Å². The van der Waals surface area contributed by atoms with E-state index in [9.17, 15) is 14.4 Å².